The highest BCUT2D eigenvalue weighted by Crippen LogP contribution is 2.29. The van der Waals surface area contributed by atoms with Gasteiger partial charge in [0.25, 0.3) is 0 Å². The fourth-order valence-electron chi connectivity index (χ4n) is 2.69. The molecule has 0 atom stereocenters. The molecule has 0 amide bonds. The average Bonchev–Trinajstić information content (AvgIpc) is 2.99. The molecule has 0 spiro atoms. The minimum Gasteiger partial charge on any atom is -0.456 e. The Balaban J connectivity index is 1.68. The highest BCUT2D eigenvalue weighted by atomic mass is 35.5. The third-order valence-corrected chi connectivity index (χ3v) is 4.24. The number of hydrazone groups is 1. The largest absolute Gasteiger partial charge is 0.456 e. The zero-order valence-electron chi connectivity index (χ0n) is 13.1. The van der Waals surface area contributed by atoms with E-state index in [9.17, 15) is 0 Å². The molecular formula is C20H15ClN2O. The van der Waals surface area contributed by atoms with Crippen LogP contribution in [0, 0.1) is 0 Å². The Morgan fingerprint density at radius 2 is 1.67 bits per heavy atom. The number of para-hydroxylation sites is 1. The molecule has 1 N–H and O–H groups in total. The fourth-order valence-corrected chi connectivity index (χ4v) is 2.81. The molecule has 24 heavy (non-hydrogen) atoms. The van der Waals surface area contributed by atoms with Gasteiger partial charge in [0.2, 0.25) is 0 Å². The molecule has 4 rings (SSSR count). The highest BCUT2D eigenvalue weighted by molar-refractivity contribution is 6.30. The maximum Gasteiger partial charge on any atom is 0.135 e. The van der Waals surface area contributed by atoms with Gasteiger partial charge in [-0.05, 0) is 61.0 Å². The van der Waals surface area contributed by atoms with Crippen LogP contribution in [0.5, 0.6) is 0 Å². The molecule has 1 aromatic heterocycles. The van der Waals surface area contributed by atoms with Gasteiger partial charge in [0.1, 0.15) is 11.2 Å². The zero-order chi connectivity index (χ0) is 16.5. The molecular weight excluding hydrogens is 320 g/mol. The van der Waals surface area contributed by atoms with Crippen LogP contribution in [0.25, 0.3) is 21.9 Å². The quantitative estimate of drug-likeness (QED) is 0.364. The first kappa shape index (κ1) is 14.8. The molecule has 1 heterocycles. The number of hydrogen-bond acceptors (Lipinski definition) is 3. The molecule has 0 aliphatic carbocycles. The molecule has 118 valence electrons. The second kappa shape index (κ2) is 6.02. The molecule has 0 saturated heterocycles. The van der Waals surface area contributed by atoms with Crippen molar-refractivity contribution < 1.29 is 4.42 Å². The molecule has 0 aliphatic heterocycles. The summed E-state index contributed by atoms with van der Waals surface area (Å²) in [7, 11) is 0. The smallest absolute Gasteiger partial charge is 0.135 e. The summed E-state index contributed by atoms with van der Waals surface area (Å²) < 4.78 is 5.86. The first-order chi connectivity index (χ1) is 11.7. The fraction of sp³-hybridized carbons (Fsp3) is 0.0500. The molecule has 0 saturated carbocycles. The van der Waals surface area contributed by atoms with Gasteiger partial charge in [-0.3, -0.25) is 5.43 Å². The number of furan rings is 1. The normalized spacial score (nSPS) is 12.0. The lowest BCUT2D eigenvalue weighted by molar-refractivity contribution is 0.669. The molecule has 0 aliphatic rings. The van der Waals surface area contributed by atoms with E-state index in [0.29, 0.717) is 5.02 Å². The molecule has 0 unspecified atom stereocenters. The van der Waals surface area contributed by atoms with E-state index < -0.39 is 0 Å². The summed E-state index contributed by atoms with van der Waals surface area (Å²) in [5.41, 5.74) is 7.69. The van der Waals surface area contributed by atoms with E-state index >= 15 is 0 Å². The van der Waals surface area contributed by atoms with Crippen molar-refractivity contribution in [3.05, 3.63) is 77.3 Å². The Kier molecular flexibility index (Phi) is 3.71. The van der Waals surface area contributed by atoms with Crippen LogP contribution in [-0.2, 0) is 0 Å². The standard InChI is InChI=1S/C20H15ClN2O/c1-13(22-23-16-9-7-15(21)8-10-16)14-6-11-20-18(12-14)17-4-2-3-5-19(17)24-20/h2-12,23H,1H3/b22-13-. The molecule has 4 aromatic rings. The Morgan fingerprint density at radius 3 is 2.50 bits per heavy atom. The summed E-state index contributed by atoms with van der Waals surface area (Å²) in [6.45, 7) is 1.98. The summed E-state index contributed by atoms with van der Waals surface area (Å²) in [5, 5.41) is 7.38. The Bertz CT molecular complexity index is 1050. The summed E-state index contributed by atoms with van der Waals surface area (Å²) in [6, 6.07) is 21.6. The Hall–Kier alpha value is -2.78. The molecule has 0 fully saturated rings. The number of rotatable bonds is 3. The van der Waals surface area contributed by atoms with Crippen molar-refractivity contribution >= 4 is 44.9 Å². The van der Waals surface area contributed by atoms with Crippen LogP contribution in [0.2, 0.25) is 5.02 Å². The minimum atomic E-state index is 0.707. The van der Waals surface area contributed by atoms with Gasteiger partial charge in [-0.2, -0.15) is 5.10 Å². The van der Waals surface area contributed by atoms with Gasteiger partial charge in [-0.1, -0.05) is 29.8 Å². The van der Waals surface area contributed by atoms with Gasteiger partial charge >= 0.3 is 0 Å². The zero-order valence-corrected chi connectivity index (χ0v) is 13.8. The lowest BCUT2D eigenvalue weighted by Crippen LogP contribution is -1.99. The second-order valence-corrected chi connectivity index (χ2v) is 6.06. The van der Waals surface area contributed by atoms with Crippen molar-refractivity contribution in [3.8, 4) is 0 Å². The van der Waals surface area contributed by atoms with Crippen molar-refractivity contribution in [3.63, 3.8) is 0 Å². The molecule has 0 radical (unpaired) electrons. The SMILES string of the molecule is C/C(=N/Nc1ccc(Cl)cc1)c1ccc2oc3ccccc3c2c1. The third-order valence-electron chi connectivity index (χ3n) is 3.99. The van der Waals surface area contributed by atoms with Gasteiger partial charge in [0, 0.05) is 15.8 Å². The molecule has 4 heteroatoms. The van der Waals surface area contributed by atoms with Crippen LogP contribution in [0.4, 0.5) is 5.69 Å². The van der Waals surface area contributed by atoms with Crippen molar-refractivity contribution in [2.24, 2.45) is 5.10 Å². The monoisotopic (exact) mass is 334 g/mol. The predicted octanol–water partition coefficient (Wildman–Crippen LogP) is 6.08. The second-order valence-electron chi connectivity index (χ2n) is 5.63. The maximum absolute atomic E-state index is 5.89. The number of anilines is 1. The minimum absolute atomic E-state index is 0.707. The van der Waals surface area contributed by atoms with E-state index in [2.05, 4.69) is 22.7 Å². The van der Waals surface area contributed by atoms with E-state index in [1.54, 1.807) is 0 Å². The number of fused-ring (bicyclic) bond motifs is 3. The summed E-state index contributed by atoms with van der Waals surface area (Å²) in [6.07, 6.45) is 0. The Morgan fingerprint density at radius 1 is 0.917 bits per heavy atom. The van der Waals surface area contributed by atoms with Gasteiger partial charge < -0.3 is 4.42 Å². The van der Waals surface area contributed by atoms with E-state index in [1.165, 1.54) is 0 Å². The molecule has 0 bridgehead atoms. The van der Waals surface area contributed by atoms with Crippen molar-refractivity contribution in [1.29, 1.82) is 0 Å². The number of hydrogen-bond donors (Lipinski definition) is 1. The summed E-state index contributed by atoms with van der Waals surface area (Å²) in [5.74, 6) is 0. The highest BCUT2D eigenvalue weighted by Gasteiger charge is 2.08. The van der Waals surface area contributed by atoms with Crippen LogP contribution in [0.15, 0.2) is 76.2 Å². The van der Waals surface area contributed by atoms with E-state index in [4.69, 9.17) is 16.0 Å². The van der Waals surface area contributed by atoms with Crippen molar-refractivity contribution in [1.82, 2.24) is 0 Å². The van der Waals surface area contributed by atoms with Crippen LogP contribution < -0.4 is 5.43 Å². The first-order valence-electron chi connectivity index (χ1n) is 7.68. The predicted molar refractivity (Wildman–Crippen MR) is 101 cm³/mol. The van der Waals surface area contributed by atoms with Gasteiger partial charge in [0.05, 0.1) is 11.4 Å². The van der Waals surface area contributed by atoms with Crippen LogP contribution in [0.1, 0.15) is 12.5 Å². The summed E-state index contributed by atoms with van der Waals surface area (Å²) in [4.78, 5) is 0. The lowest BCUT2D eigenvalue weighted by Gasteiger charge is -2.04. The first-order valence-corrected chi connectivity index (χ1v) is 8.06. The van der Waals surface area contributed by atoms with Crippen molar-refractivity contribution in [2.45, 2.75) is 6.92 Å². The number of benzene rings is 3. The summed E-state index contributed by atoms with van der Waals surface area (Å²) >= 11 is 5.89. The average molecular weight is 335 g/mol. The lowest BCUT2D eigenvalue weighted by atomic mass is 10.1. The van der Waals surface area contributed by atoms with Crippen LogP contribution in [-0.4, -0.2) is 5.71 Å². The maximum atomic E-state index is 5.89. The molecule has 3 aromatic carbocycles. The van der Waals surface area contributed by atoms with Gasteiger partial charge in [-0.15, -0.1) is 0 Å². The van der Waals surface area contributed by atoms with Gasteiger partial charge in [-0.25, -0.2) is 0 Å². The third kappa shape index (κ3) is 2.74. The van der Waals surface area contributed by atoms with Crippen LogP contribution in [0.3, 0.4) is 0 Å². The number of nitrogens with zero attached hydrogens (tertiary/aromatic N) is 1. The van der Waals surface area contributed by atoms with Crippen LogP contribution >= 0.6 is 11.6 Å². The topological polar surface area (TPSA) is 37.5 Å². The van der Waals surface area contributed by atoms with Crippen molar-refractivity contribution in [2.75, 3.05) is 5.43 Å². The number of halogens is 1. The van der Waals surface area contributed by atoms with E-state index in [0.717, 1.165) is 38.9 Å². The van der Waals surface area contributed by atoms with E-state index in [1.807, 2.05) is 61.5 Å². The van der Waals surface area contributed by atoms with Gasteiger partial charge in [0.15, 0.2) is 0 Å². The molecule has 3 nitrogen and oxygen atoms in total. The Labute approximate surface area is 144 Å². The number of nitrogens with one attached hydrogen (secondary N) is 1. The van der Waals surface area contributed by atoms with E-state index in [-0.39, 0.29) is 0 Å².